The van der Waals surface area contributed by atoms with Gasteiger partial charge in [0.2, 0.25) is 0 Å². The van der Waals surface area contributed by atoms with Gasteiger partial charge in [-0.15, -0.1) is 0 Å². The highest BCUT2D eigenvalue weighted by atomic mass is 19.4. The summed E-state index contributed by atoms with van der Waals surface area (Å²) in [4.78, 5) is 21.6. The van der Waals surface area contributed by atoms with Gasteiger partial charge in [-0.2, -0.15) is 13.2 Å². The molecule has 4 nitrogen and oxygen atoms in total. The minimum absolute atomic E-state index is 0.309. The smallest absolute Gasteiger partial charge is 0.406 e. The highest BCUT2D eigenvalue weighted by Gasteiger charge is 2.28. The second-order valence-corrected chi connectivity index (χ2v) is 2.78. The maximum absolute atomic E-state index is 11.9. The van der Waals surface area contributed by atoms with Gasteiger partial charge in [0.1, 0.15) is 12.1 Å². The molecule has 0 spiro atoms. The van der Waals surface area contributed by atoms with Crippen molar-refractivity contribution in [2.75, 3.05) is 0 Å². The molecule has 0 radical (unpaired) electrons. The molecule has 0 aliphatic carbocycles. The molecule has 1 aromatic heterocycles. The summed E-state index contributed by atoms with van der Waals surface area (Å²) in [6, 6.07) is 2.04. The van der Waals surface area contributed by atoms with Crippen LogP contribution >= 0.6 is 0 Å². The molecule has 0 saturated carbocycles. The number of aromatic nitrogens is 1. The van der Waals surface area contributed by atoms with Gasteiger partial charge in [-0.1, -0.05) is 0 Å². The van der Waals surface area contributed by atoms with E-state index in [1.807, 2.05) is 0 Å². The van der Waals surface area contributed by atoms with E-state index in [4.69, 9.17) is 5.11 Å². The number of rotatable bonds is 2. The first-order chi connectivity index (χ1) is 6.81. The van der Waals surface area contributed by atoms with E-state index in [-0.39, 0.29) is 0 Å². The highest BCUT2D eigenvalue weighted by molar-refractivity contribution is 5.86. The maximum atomic E-state index is 11.9. The van der Waals surface area contributed by atoms with E-state index in [2.05, 4.69) is 0 Å². The Morgan fingerprint density at radius 2 is 2.07 bits per heavy atom. The molecule has 0 saturated heterocycles. The predicted octanol–water partition coefficient (Wildman–Crippen LogP) is 1.11. The molecular formula is C8H6F3NO3. The van der Waals surface area contributed by atoms with Gasteiger partial charge in [-0.25, -0.2) is 4.79 Å². The number of hydrogen-bond acceptors (Lipinski definition) is 2. The van der Waals surface area contributed by atoms with E-state index < -0.39 is 29.8 Å². The molecule has 0 aliphatic heterocycles. The third-order valence-electron chi connectivity index (χ3n) is 1.60. The van der Waals surface area contributed by atoms with Crippen molar-refractivity contribution in [2.45, 2.75) is 12.7 Å². The number of halogens is 3. The van der Waals surface area contributed by atoms with Crippen molar-refractivity contribution >= 4 is 5.97 Å². The van der Waals surface area contributed by atoms with Gasteiger partial charge in [-0.3, -0.25) is 4.79 Å². The molecule has 0 atom stereocenters. The molecule has 0 bridgehead atoms. The first kappa shape index (κ1) is 11.3. The van der Waals surface area contributed by atoms with Crippen LogP contribution in [0.3, 0.4) is 0 Å². The maximum Gasteiger partial charge on any atom is 0.406 e. The molecule has 0 fully saturated rings. The van der Waals surface area contributed by atoms with Crippen molar-refractivity contribution in [1.82, 2.24) is 4.57 Å². The van der Waals surface area contributed by atoms with E-state index in [1.54, 1.807) is 0 Å². The van der Waals surface area contributed by atoms with Crippen molar-refractivity contribution < 1.29 is 23.1 Å². The van der Waals surface area contributed by atoms with E-state index in [1.165, 1.54) is 0 Å². The van der Waals surface area contributed by atoms with Gasteiger partial charge >= 0.3 is 12.1 Å². The Labute approximate surface area is 81.6 Å². The standard InChI is InChI=1S/C8H6F3NO3/c9-8(10,11)4-12-3-1-2-5(6(12)13)7(14)15/h1-3H,4H2,(H,14,15). The molecule has 82 valence electrons. The number of carbonyl (C=O) groups is 1. The lowest BCUT2D eigenvalue weighted by Gasteiger charge is -2.09. The predicted molar refractivity (Wildman–Crippen MR) is 43.7 cm³/mol. The summed E-state index contributed by atoms with van der Waals surface area (Å²) >= 11 is 0. The minimum Gasteiger partial charge on any atom is -0.477 e. The summed E-state index contributed by atoms with van der Waals surface area (Å²) in [5.74, 6) is -1.54. The molecule has 0 aromatic carbocycles. The lowest BCUT2D eigenvalue weighted by Crippen LogP contribution is -2.30. The fraction of sp³-hybridized carbons (Fsp3) is 0.250. The Morgan fingerprint density at radius 3 is 2.53 bits per heavy atom. The molecule has 0 aliphatic rings. The Bertz CT molecular complexity index is 435. The van der Waals surface area contributed by atoms with Crippen molar-refractivity contribution in [1.29, 1.82) is 0 Å². The summed E-state index contributed by atoms with van der Waals surface area (Å²) in [7, 11) is 0. The summed E-state index contributed by atoms with van der Waals surface area (Å²) in [5, 5.41) is 8.49. The van der Waals surface area contributed by atoms with Crippen molar-refractivity contribution in [2.24, 2.45) is 0 Å². The zero-order valence-electron chi connectivity index (χ0n) is 7.28. The minimum atomic E-state index is -4.55. The average molecular weight is 221 g/mol. The molecule has 0 amide bonds. The Balaban J connectivity index is 3.17. The fourth-order valence-electron chi connectivity index (χ4n) is 1.02. The third-order valence-corrected chi connectivity index (χ3v) is 1.60. The second-order valence-electron chi connectivity index (χ2n) is 2.78. The Kier molecular flexibility index (Phi) is 2.83. The van der Waals surface area contributed by atoms with Gasteiger partial charge in [0.15, 0.2) is 0 Å². The molecule has 0 unspecified atom stereocenters. The van der Waals surface area contributed by atoms with Crippen LogP contribution in [-0.2, 0) is 6.54 Å². The van der Waals surface area contributed by atoms with Crippen molar-refractivity contribution in [3.05, 3.63) is 34.2 Å². The molecule has 1 N–H and O–H groups in total. The van der Waals surface area contributed by atoms with Crippen LogP contribution in [0.25, 0.3) is 0 Å². The van der Waals surface area contributed by atoms with Crippen LogP contribution in [0.5, 0.6) is 0 Å². The van der Waals surface area contributed by atoms with Crippen molar-refractivity contribution in [3.8, 4) is 0 Å². The first-order valence-corrected chi connectivity index (χ1v) is 3.81. The summed E-state index contributed by atoms with van der Waals surface area (Å²) in [5.41, 5.74) is -1.84. The number of carboxylic acids is 1. The first-order valence-electron chi connectivity index (χ1n) is 3.81. The zero-order chi connectivity index (χ0) is 11.6. The lowest BCUT2D eigenvalue weighted by molar-refractivity contribution is -0.141. The largest absolute Gasteiger partial charge is 0.477 e. The van der Waals surface area contributed by atoms with E-state index in [9.17, 15) is 22.8 Å². The van der Waals surface area contributed by atoms with Crippen LogP contribution in [0, 0.1) is 0 Å². The van der Waals surface area contributed by atoms with Crippen LogP contribution < -0.4 is 5.56 Å². The lowest BCUT2D eigenvalue weighted by atomic mass is 10.3. The van der Waals surface area contributed by atoms with Gasteiger partial charge in [-0.05, 0) is 12.1 Å². The number of nitrogens with zero attached hydrogens (tertiary/aromatic N) is 1. The molecule has 1 aromatic rings. The zero-order valence-corrected chi connectivity index (χ0v) is 7.28. The molecule has 7 heteroatoms. The molecule has 1 heterocycles. The van der Waals surface area contributed by atoms with E-state index in [0.717, 1.165) is 18.3 Å². The van der Waals surface area contributed by atoms with Crippen LogP contribution in [-0.4, -0.2) is 21.8 Å². The highest BCUT2D eigenvalue weighted by Crippen LogP contribution is 2.16. The number of alkyl halides is 3. The molecule has 1 rings (SSSR count). The second kappa shape index (κ2) is 3.76. The van der Waals surface area contributed by atoms with Crippen LogP contribution in [0.15, 0.2) is 23.1 Å². The Hall–Kier alpha value is -1.79. The molecule has 15 heavy (non-hydrogen) atoms. The monoisotopic (exact) mass is 221 g/mol. The van der Waals surface area contributed by atoms with Gasteiger partial charge in [0.25, 0.3) is 5.56 Å². The number of carboxylic acid groups (broad SMARTS) is 1. The van der Waals surface area contributed by atoms with Crippen LogP contribution in [0.1, 0.15) is 10.4 Å². The van der Waals surface area contributed by atoms with E-state index >= 15 is 0 Å². The average Bonchev–Trinajstić information content (AvgIpc) is 2.05. The van der Waals surface area contributed by atoms with Crippen molar-refractivity contribution in [3.63, 3.8) is 0 Å². The summed E-state index contributed by atoms with van der Waals surface area (Å²) < 4.78 is 36.1. The number of pyridine rings is 1. The summed E-state index contributed by atoms with van der Waals surface area (Å²) in [6.07, 6.45) is -3.66. The topological polar surface area (TPSA) is 59.3 Å². The fourth-order valence-corrected chi connectivity index (χ4v) is 1.02. The number of aromatic carboxylic acids is 1. The SMILES string of the molecule is O=C(O)c1cccn(CC(F)(F)F)c1=O. The van der Waals surface area contributed by atoms with Gasteiger partial charge in [0, 0.05) is 6.20 Å². The molecular weight excluding hydrogens is 215 g/mol. The normalized spacial score (nSPS) is 11.4. The third kappa shape index (κ3) is 2.83. The summed E-state index contributed by atoms with van der Waals surface area (Å²) in [6.45, 7) is -1.49. The quantitative estimate of drug-likeness (QED) is 0.813. The Morgan fingerprint density at radius 1 is 1.47 bits per heavy atom. The van der Waals surface area contributed by atoms with Gasteiger partial charge < -0.3 is 9.67 Å². The van der Waals surface area contributed by atoms with Gasteiger partial charge in [0.05, 0.1) is 0 Å². The van der Waals surface area contributed by atoms with Crippen LogP contribution in [0.2, 0.25) is 0 Å². The van der Waals surface area contributed by atoms with E-state index in [0.29, 0.717) is 4.57 Å². The van der Waals surface area contributed by atoms with Crippen LogP contribution in [0.4, 0.5) is 13.2 Å². The number of hydrogen-bond donors (Lipinski definition) is 1.